The Labute approximate surface area is 162 Å². The highest BCUT2D eigenvalue weighted by Crippen LogP contribution is 2.22. The standard InChI is InChI=1S/C22H30N4O/c1-5-25(6-2)15-7-8-18(4)27-22-14-13-21-23-16-20(26(21)24-22)19-11-9-17(3)10-12-19/h9-14,16,18H,5-8,15H2,1-4H3. The molecule has 0 saturated carbocycles. The number of aryl methyl sites for hydroxylation is 1. The molecule has 0 amide bonds. The first-order valence-electron chi connectivity index (χ1n) is 9.91. The van der Waals surface area contributed by atoms with Gasteiger partial charge in [0.05, 0.1) is 18.0 Å². The van der Waals surface area contributed by atoms with Crippen molar-refractivity contribution in [1.29, 1.82) is 0 Å². The predicted octanol–water partition coefficient (Wildman–Crippen LogP) is 4.59. The molecule has 2 aromatic heterocycles. The summed E-state index contributed by atoms with van der Waals surface area (Å²) in [6, 6.07) is 12.3. The molecule has 3 rings (SSSR count). The van der Waals surface area contributed by atoms with Crippen LogP contribution in [0, 0.1) is 6.92 Å². The van der Waals surface area contributed by atoms with E-state index >= 15 is 0 Å². The van der Waals surface area contributed by atoms with Crippen molar-refractivity contribution in [3.8, 4) is 17.1 Å². The quantitative estimate of drug-likeness (QED) is 0.555. The van der Waals surface area contributed by atoms with Crippen LogP contribution in [0.2, 0.25) is 0 Å². The normalized spacial score (nSPS) is 12.6. The zero-order chi connectivity index (χ0) is 19.2. The number of rotatable bonds is 9. The lowest BCUT2D eigenvalue weighted by molar-refractivity contribution is 0.186. The summed E-state index contributed by atoms with van der Waals surface area (Å²) in [7, 11) is 0. The molecule has 1 atom stereocenters. The first kappa shape index (κ1) is 19.4. The average molecular weight is 367 g/mol. The molecule has 1 aromatic carbocycles. The molecule has 0 radical (unpaired) electrons. The monoisotopic (exact) mass is 366 g/mol. The summed E-state index contributed by atoms with van der Waals surface area (Å²) >= 11 is 0. The minimum Gasteiger partial charge on any atom is -0.474 e. The van der Waals surface area contributed by atoms with Crippen LogP contribution < -0.4 is 4.74 Å². The van der Waals surface area contributed by atoms with Crippen LogP contribution in [0.1, 0.15) is 39.2 Å². The van der Waals surface area contributed by atoms with Crippen molar-refractivity contribution < 1.29 is 4.74 Å². The number of benzene rings is 1. The van der Waals surface area contributed by atoms with Gasteiger partial charge in [-0.2, -0.15) is 0 Å². The third-order valence-corrected chi connectivity index (χ3v) is 4.99. The number of aromatic nitrogens is 3. The number of fused-ring (bicyclic) bond motifs is 1. The van der Waals surface area contributed by atoms with Crippen LogP contribution in [0.25, 0.3) is 16.9 Å². The lowest BCUT2D eigenvalue weighted by Crippen LogP contribution is -2.25. The van der Waals surface area contributed by atoms with Crippen molar-refractivity contribution in [2.75, 3.05) is 19.6 Å². The highest BCUT2D eigenvalue weighted by atomic mass is 16.5. The van der Waals surface area contributed by atoms with Gasteiger partial charge in [-0.15, -0.1) is 5.10 Å². The fraction of sp³-hybridized carbons (Fsp3) is 0.455. The van der Waals surface area contributed by atoms with Gasteiger partial charge in [-0.3, -0.25) is 0 Å². The van der Waals surface area contributed by atoms with E-state index in [9.17, 15) is 0 Å². The summed E-state index contributed by atoms with van der Waals surface area (Å²) in [5.41, 5.74) is 4.14. The molecule has 5 nitrogen and oxygen atoms in total. The lowest BCUT2D eigenvalue weighted by Gasteiger charge is -2.19. The maximum absolute atomic E-state index is 6.07. The fourth-order valence-electron chi connectivity index (χ4n) is 3.25. The van der Waals surface area contributed by atoms with Gasteiger partial charge in [0.15, 0.2) is 5.65 Å². The molecule has 144 valence electrons. The molecule has 3 aromatic rings. The van der Waals surface area contributed by atoms with Gasteiger partial charge in [-0.1, -0.05) is 43.7 Å². The van der Waals surface area contributed by atoms with E-state index in [1.165, 1.54) is 5.56 Å². The minimum absolute atomic E-state index is 0.136. The molecule has 27 heavy (non-hydrogen) atoms. The molecule has 0 fully saturated rings. The van der Waals surface area contributed by atoms with Gasteiger partial charge in [0, 0.05) is 11.6 Å². The zero-order valence-electron chi connectivity index (χ0n) is 16.9. The third-order valence-electron chi connectivity index (χ3n) is 4.99. The van der Waals surface area contributed by atoms with Gasteiger partial charge < -0.3 is 9.64 Å². The van der Waals surface area contributed by atoms with E-state index in [0.717, 1.165) is 49.4 Å². The largest absolute Gasteiger partial charge is 0.474 e. The Balaban J connectivity index is 1.69. The van der Waals surface area contributed by atoms with Gasteiger partial charge in [-0.05, 0) is 52.4 Å². The Morgan fingerprint density at radius 1 is 1.07 bits per heavy atom. The van der Waals surface area contributed by atoms with Crippen LogP contribution in [0.15, 0.2) is 42.6 Å². The van der Waals surface area contributed by atoms with Gasteiger partial charge in [0.1, 0.15) is 0 Å². The van der Waals surface area contributed by atoms with Crippen molar-refractivity contribution in [1.82, 2.24) is 19.5 Å². The number of nitrogens with zero attached hydrogens (tertiary/aromatic N) is 4. The smallest absolute Gasteiger partial charge is 0.232 e. The maximum Gasteiger partial charge on any atom is 0.232 e. The summed E-state index contributed by atoms with van der Waals surface area (Å²) in [6.07, 6.45) is 4.15. The topological polar surface area (TPSA) is 42.7 Å². The van der Waals surface area contributed by atoms with Crippen molar-refractivity contribution in [2.24, 2.45) is 0 Å². The number of hydrogen-bond donors (Lipinski definition) is 0. The highest BCUT2D eigenvalue weighted by Gasteiger charge is 2.11. The van der Waals surface area contributed by atoms with E-state index in [1.54, 1.807) is 0 Å². The summed E-state index contributed by atoms with van der Waals surface area (Å²) in [4.78, 5) is 6.91. The first-order valence-corrected chi connectivity index (χ1v) is 9.91. The lowest BCUT2D eigenvalue weighted by atomic mass is 10.1. The fourth-order valence-corrected chi connectivity index (χ4v) is 3.25. The molecule has 1 unspecified atom stereocenters. The zero-order valence-corrected chi connectivity index (χ0v) is 16.9. The molecule has 0 aliphatic heterocycles. The highest BCUT2D eigenvalue weighted by molar-refractivity contribution is 5.63. The second-order valence-electron chi connectivity index (χ2n) is 7.05. The van der Waals surface area contributed by atoms with Crippen molar-refractivity contribution >= 4 is 5.65 Å². The van der Waals surface area contributed by atoms with Gasteiger partial charge in [0.25, 0.3) is 0 Å². The number of hydrogen-bond acceptors (Lipinski definition) is 4. The predicted molar refractivity (Wildman–Crippen MR) is 110 cm³/mol. The van der Waals surface area contributed by atoms with Crippen LogP contribution in [0.3, 0.4) is 0 Å². The molecule has 0 aliphatic rings. The molecule has 0 bridgehead atoms. The molecule has 2 heterocycles. The van der Waals surface area contributed by atoms with Crippen LogP contribution in [-0.4, -0.2) is 45.2 Å². The molecular weight excluding hydrogens is 336 g/mol. The van der Waals surface area contributed by atoms with E-state index in [-0.39, 0.29) is 6.10 Å². The average Bonchev–Trinajstić information content (AvgIpc) is 3.09. The van der Waals surface area contributed by atoms with E-state index < -0.39 is 0 Å². The van der Waals surface area contributed by atoms with Crippen molar-refractivity contribution in [2.45, 2.75) is 46.6 Å². The van der Waals surface area contributed by atoms with E-state index in [0.29, 0.717) is 5.88 Å². The van der Waals surface area contributed by atoms with Crippen LogP contribution in [0.4, 0.5) is 0 Å². The molecule has 0 aliphatic carbocycles. The van der Waals surface area contributed by atoms with Gasteiger partial charge in [-0.25, -0.2) is 9.50 Å². The Morgan fingerprint density at radius 3 is 2.52 bits per heavy atom. The maximum atomic E-state index is 6.07. The summed E-state index contributed by atoms with van der Waals surface area (Å²) in [5, 5.41) is 4.67. The second-order valence-corrected chi connectivity index (χ2v) is 7.05. The SMILES string of the molecule is CCN(CC)CCCC(C)Oc1ccc2ncc(-c3ccc(C)cc3)n2n1. The Bertz CT molecular complexity index is 852. The number of ether oxygens (including phenoxy) is 1. The molecule has 0 saturated heterocycles. The molecule has 5 heteroatoms. The van der Waals surface area contributed by atoms with E-state index in [4.69, 9.17) is 4.74 Å². The van der Waals surface area contributed by atoms with E-state index in [2.05, 4.69) is 66.9 Å². The van der Waals surface area contributed by atoms with Gasteiger partial charge >= 0.3 is 0 Å². The minimum atomic E-state index is 0.136. The summed E-state index contributed by atoms with van der Waals surface area (Å²) < 4.78 is 7.94. The Hall–Kier alpha value is -2.40. The Morgan fingerprint density at radius 2 is 1.81 bits per heavy atom. The second kappa shape index (κ2) is 9.00. The van der Waals surface area contributed by atoms with E-state index in [1.807, 2.05) is 22.8 Å². The van der Waals surface area contributed by atoms with Crippen LogP contribution in [0.5, 0.6) is 5.88 Å². The first-order chi connectivity index (χ1) is 13.1. The molecular formula is C22H30N4O. The summed E-state index contributed by atoms with van der Waals surface area (Å²) in [5.74, 6) is 0.643. The molecule has 0 spiro atoms. The Kier molecular flexibility index (Phi) is 6.45. The van der Waals surface area contributed by atoms with Crippen LogP contribution >= 0.6 is 0 Å². The summed E-state index contributed by atoms with van der Waals surface area (Å²) in [6.45, 7) is 11.9. The van der Waals surface area contributed by atoms with Gasteiger partial charge in [0.2, 0.25) is 5.88 Å². The van der Waals surface area contributed by atoms with Crippen LogP contribution in [-0.2, 0) is 0 Å². The third kappa shape index (κ3) is 4.86. The number of imidazole rings is 1. The van der Waals surface area contributed by atoms with Crippen molar-refractivity contribution in [3.63, 3.8) is 0 Å². The van der Waals surface area contributed by atoms with Crippen molar-refractivity contribution in [3.05, 3.63) is 48.2 Å². The molecule has 0 N–H and O–H groups in total.